The van der Waals surface area contributed by atoms with Crippen molar-refractivity contribution >= 4 is 26.1 Å². The van der Waals surface area contributed by atoms with Crippen LogP contribution in [-0.2, 0) is 0 Å². The SMILES string of the molecule is Fc1cc(F)c(F)[c]([Sn])c1F. The van der Waals surface area contributed by atoms with Crippen molar-refractivity contribution in [2.45, 2.75) is 0 Å². The summed E-state index contributed by atoms with van der Waals surface area (Å²) in [4.78, 5) is 0. The average Bonchev–Trinajstić information content (AvgIpc) is 1.97. The van der Waals surface area contributed by atoms with E-state index in [9.17, 15) is 17.6 Å². The minimum atomic E-state index is -1.35. The van der Waals surface area contributed by atoms with Crippen molar-refractivity contribution in [2.24, 2.45) is 0 Å². The molecule has 1 aromatic rings. The van der Waals surface area contributed by atoms with Gasteiger partial charge >= 0.3 is 73.0 Å². The van der Waals surface area contributed by atoms with Gasteiger partial charge in [0.15, 0.2) is 0 Å². The van der Waals surface area contributed by atoms with E-state index in [1.165, 1.54) is 0 Å². The second-order valence-electron chi connectivity index (χ2n) is 1.84. The van der Waals surface area contributed by atoms with Gasteiger partial charge in [0, 0.05) is 0 Å². The second-order valence-corrected chi connectivity index (χ2v) is 3.27. The van der Waals surface area contributed by atoms with Gasteiger partial charge in [0.1, 0.15) is 0 Å². The Balaban J connectivity index is 3.46. The zero-order chi connectivity index (χ0) is 8.59. The first-order valence-electron chi connectivity index (χ1n) is 2.58. The molecular weight excluding hydrogens is 267 g/mol. The molecule has 1 rings (SSSR count). The molecule has 0 bridgehead atoms. The molecular formula is C6HF4Sn. The van der Waals surface area contributed by atoms with Crippen LogP contribution in [0.2, 0.25) is 0 Å². The van der Waals surface area contributed by atoms with Crippen LogP contribution in [0.25, 0.3) is 0 Å². The molecule has 5 heteroatoms. The molecule has 0 N–H and O–H groups in total. The maximum atomic E-state index is 12.4. The van der Waals surface area contributed by atoms with Gasteiger partial charge in [-0.15, -0.1) is 0 Å². The molecule has 0 aliphatic carbocycles. The Morgan fingerprint density at radius 1 is 0.909 bits per heavy atom. The van der Waals surface area contributed by atoms with Gasteiger partial charge in [-0.1, -0.05) is 0 Å². The molecule has 0 aliphatic heterocycles. The van der Waals surface area contributed by atoms with Crippen LogP contribution in [-0.4, -0.2) is 22.5 Å². The van der Waals surface area contributed by atoms with Crippen LogP contribution in [0.15, 0.2) is 6.07 Å². The van der Waals surface area contributed by atoms with Crippen molar-refractivity contribution in [2.75, 3.05) is 0 Å². The first-order valence-corrected chi connectivity index (χ1v) is 4.01. The monoisotopic (exact) mass is 269 g/mol. The van der Waals surface area contributed by atoms with E-state index < -0.39 is 26.8 Å². The molecule has 11 heavy (non-hydrogen) atoms. The molecule has 0 aromatic heterocycles. The Bertz CT molecular complexity index is 271. The summed E-state index contributed by atoms with van der Waals surface area (Å²) in [5.41, 5.74) is 0. The molecule has 0 saturated carbocycles. The fourth-order valence-electron chi connectivity index (χ4n) is 0.573. The third kappa shape index (κ3) is 1.50. The molecule has 3 radical (unpaired) electrons. The number of benzene rings is 1. The molecule has 0 nitrogen and oxygen atoms in total. The van der Waals surface area contributed by atoms with Gasteiger partial charge in [0.05, 0.1) is 0 Å². The van der Waals surface area contributed by atoms with E-state index in [2.05, 4.69) is 0 Å². The van der Waals surface area contributed by atoms with Crippen LogP contribution in [0.3, 0.4) is 0 Å². The van der Waals surface area contributed by atoms with Crippen molar-refractivity contribution in [3.05, 3.63) is 29.3 Å². The number of hydrogen-bond acceptors (Lipinski definition) is 0. The first-order chi connectivity index (χ1) is 5.04. The van der Waals surface area contributed by atoms with Gasteiger partial charge in [0.2, 0.25) is 0 Å². The van der Waals surface area contributed by atoms with Gasteiger partial charge < -0.3 is 0 Å². The van der Waals surface area contributed by atoms with Gasteiger partial charge in [-0.25, -0.2) is 0 Å². The standard InChI is InChI=1S/C6HF4.Sn/c7-3-1-4(8)6(10)2-5(3)9;/h1H;. The second kappa shape index (κ2) is 3.00. The average molecular weight is 268 g/mol. The summed E-state index contributed by atoms with van der Waals surface area (Å²) in [7, 11) is 0. The van der Waals surface area contributed by atoms with Gasteiger partial charge in [-0.2, -0.15) is 0 Å². The molecule has 0 atom stereocenters. The van der Waals surface area contributed by atoms with E-state index in [0.29, 0.717) is 22.5 Å². The molecule has 0 unspecified atom stereocenters. The predicted molar refractivity (Wildman–Crippen MR) is 31.7 cm³/mol. The Kier molecular flexibility index (Phi) is 2.41. The van der Waals surface area contributed by atoms with E-state index in [1.54, 1.807) is 0 Å². The third-order valence-corrected chi connectivity index (χ3v) is 2.36. The zero-order valence-corrected chi connectivity index (χ0v) is 7.94. The molecule has 0 spiro atoms. The third-order valence-electron chi connectivity index (χ3n) is 1.11. The Morgan fingerprint density at radius 3 is 1.64 bits per heavy atom. The quantitative estimate of drug-likeness (QED) is 0.374. The summed E-state index contributed by atoms with van der Waals surface area (Å²) in [5.74, 6) is -5.31. The van der Waals surface area contributed by atoms with E-state index in [4.69, 9.17) is 0 Å². The molecule has 0 aliphatic rings. The first kappa shape index (κ1) is 8.83. The number of rotatable bonds is 0. The van der Waals surface area contributed by atoms with Crippen LogP contribution in [0.1, 0.15) is 0 Å². The molecule has 57 valence electrons. The topological polar surface area (TPSA) is 0 Å². The van der Waals surface area contributed by atoms with E-state index in [1.807, 2.05) is 0 Å². The van der Waals surface area contributed by atoms with Crippen molar-refractivity contribution in [1.82, 2.24) is 0 Å². The summed E-state index contributed by atoms with van der Waals surface area (Å²) in [6.07, 6.45) is 0. The summed E-state index contributed by atoms with van der Waals surface area (Å²) < 4.78 is 48.8. The molecule has 0 amide bonds. The van der Waals surface area contributed by atoms with Crippen LogP contribution in [0.4, 0.5) is 17.6 Å². The summed E-state index contributed by atoms with van der Waals surface area (Å²) in [6, 6.07) is 0.193. The minimum absolute atomic E-state index is 0.193. The van der Waals surface area contributed by atoms with Crippen molar-refractivity contribution in [3.63, 3.8) is 0 Å². The molecule has 0 heterocycles. The molecule has 0 fully saturated rings. The Morgan fingerprint density at radius 2 is 1.27 bits per heavy atom. The van der Waals surface area contributed by atoms with Crippen LogP contribution in [0.5, 0.6) is 0 Å². The normalized spacial score (nSPS) is 10.3. The van der Waals surface area contributed by atoms with Crippen LogP contribution in [0, 0.1) is 23.3 Å². The predicted octanol–water partition coefficient (Wildman–Crippen LogP) is 1.04. The fraction of sp³-hybridized carbons (Fsp3) is 0. The van der Waals surface area contributed by atoms with Crippen LogP contribution >= 0.6 is 0 Å². The van der Waals surface area contributed by atoms with E-state index in [0.717, 1.165) is 0 Å². The Hall–Kier alpha value is -0.261. The Labute approximate surface area is 73.3 Å². The van der Waals surface area contributed by atoms with Crippen molar-refractivity contribution in [3.8, 4) is 0 Å². The van der Waals surface area contributed by atoms with Crippen molar-refractivity contribution in [1.29, 1.82) is 0 Å². The fourth-order valence-corrected chi connectivity index (χ4v) is 1.25. The maximum absolute atomic E-state index is 12.4. The number of hydrogen-bond donors (Lipinski definition) is 0. The number of halogens is 4. The van der Waals surface area contributed by atoms with Gasteiger partial charge in [-0.3, -0.25) is 0 Å². The summed E-state index contributed by atoms with van der Waals surface area (Å²) >= 11 is 0.306. The van der Waals surface area contributed by atoms with Gasteiger partial charge in [0.25, 0.3) is 0 Å². The van der Waals surface area contributed by atoms with Gasteiger partial charge in [-0.05, 0) is 0 Å². The molecule has 0 saturated heterocycles. The van der Waals surface area contributed by atoms with Crippen molar-refractivity contribution < 1.29 is 17.6 Å². The molecule has 1 aromatic carbocycles. The van der Waals surface area contributed by atoms with Crippen LogP contribution < -0.4 is 3.58 Å². The van der Waals surface area contributed by atoms with E-state index in [-0.39, 0.29) is 6.07 Å². The zero-order valence-electron chi connectivity index (χ0n) is 5.09. The van der Waals surface area contributed by atoms with E-state index >= 15 is 0 Å². The summed E-state index contributed by atoms with van der Waals surface area (Å²) in [6.45, 7) is 0. The summed E-state index contributed by atoms with van der Waals surface area (Å²) in [5, 5.41) is 0.